The number of ether oxygens (including phenoxy) is 3. The fourth-order valence-electron chi connectivity index (χ4n) is 4.35. The van der Waals surface area contributed by atoms with Crippen LogP contribution in [0.2, 0.25) is 0 Å². The molecule has 1 N–H and O–H groups in total. The van der Waals surface area contributed by atoms with Gasteiger partial charge in [0.25, 0.3) is 0 Å². The Labute approximate surface area is 228 Å². The molecule has 1 saturated carbocycles. The second kappa shape index (κ2) is 11.1. The Morgan fingerprint density at radius 2 is 1.98 bits per heavy atom. The first-order valence-electron chi connectivity index (χ1n) is 12.4. The van der Waals surface area contributed by atoms with Crippen molar-refractivity contribution in [2.45, 2.75) is 26.0 Å². The van der Waals surface area contributed by atoms with Crippen molar-refractivity contribution < 1.29 is 27.8 Å². The summed E-state index contributed by atoms with van der Waals surface area (Å²) in [7, 11) is 4.90. The molecule has 0 radical (unpaired) electrons. The summed E-state index contributed by atoms with van der Waals surface area (Å²) < 4.78 is 43.6. The highest BCUT2D eigenvalue weighted by atomic mass is 19.3. The Balaban J connectivity index is 1.60. The van der Waals surface area contributed by atoms with Gasteiger partial charge in [-0.05, 0) is 37.1 Å². The highest BCUT2D eigenvalue weighted by Gasteiger charge is 2.36. The van der Waals surface area contributed by atoms with Gasteiger partial charge in [-0.1, -0.05) is 0 Å². The lowest BCUT2D eigenvalue weighted by atomic mass is 10.1. The van der Waals surface area contributed by atoms with Crippen LogP contribution >= 0.6 is 0 Å². The van der Waals surface area contributed by atoms with Crippen LogP contribution in [-0.4, -0.2) is 41.3 Å². The van der Waals surface area contributed by atoms with E-state index in [2.05, 4.69) is 15.0 Å². The molecule has 12 heteroatoms. The van der Waals surface area contributed by atoms with Crippen LogP contribution in [0.15, 0.2) is 48.8 Å². The third kappa shape index (κ3) is 5.44. The fraction of sp³-hybridized carbons (Fsp3) is 0.286. The van der Waals surface area contributed by atoms with Gasteiger partial charge < -0.3 is 24.1 Å². The minimum absolute atomic E-state index is 0.102. The Kier molecular flexibility index (Phi) is 7.37. The van der Waals surface area contributed by atoms with Crippen LogP contribution < -0.4 is 24.4 Å². The van der Waals surface area contributed by atoms with E-state index < -0.39 is 6.61 Å². The summed E-state index contributed by atoms with van der Waals surface area (Å²) in [5.74, 6) is 1.29. The van der Waals surface area contributed by atoms with Crippen LogP contribution in [0.1, 0.15) is 24.0 Å². The molecule has 4 aromatic rings. The molecule has 0 unspecified atom stereocenters. The van der Waals surface area contributed by atoms with E-state index in [1.54, 1.807) is 55.3 Å². The maximum Gasteiger partial charge on any atom is 0.387 e. The number of aryl methyl sites for hydroxylation is 1. The summed E-state index contributed by atoms with van der Waals surface area (Å²) in [6.45, 7) is -2.94. The van der Waals surface area contributed by atoms with Gasteiger partial charge in [-0.2, -0.15) is 14.0 Å². The average Bonchev–Trinajstić information content (AvgIpc) is 3.74. The van der Waals surface area contributed by atoms with Crippen LogP contribution in [0, 0.1) is 17.2 Å². The standard InChI is InChI=1S/C28H26F2N6O4/c1-35-15-32-25-21(35)12-24(33-20-9-4-16(13-31)10-23(20)40-28(29)30)34-26(25)36(27(37)17-5-6-17)14-18-7-8-19(38-2)11-22(18)39-3/h4,7-12,15,17,28H,5-6,14H2,1-3H3,(H,33,34). The Bertz CT molecular complexity index is 1610. The van der Waals surface area contributed by atoms with Crippen LogP contribution in [0.4, 0.5) is 26.1 Å². The Morgan fingerprint density at radius 1 is 1.18 bits per heavy atom. The van der Waals surface area contributed by atoms with Gasteiger partial charge in [0.05, 0.1) is 49.9 Å². The molecule has 10 nitrogen and oxygen atoms in total. The normalized spacial score (nSPS) is 12.7. The number of nitrogens with one attached hydrogen (secondary N) is 1. The molecule has 2 aromatic carbocycles. The maximum absolute atomic E-state index is 13.6. The monoisotopic (exact) mass is 548 g/mol. The van der Waals surface area contributed by atoms with Crippen molar-refractivity contribution in [3.05, 3.63) is 59.9 Å². The van der Waals surface area contributed by atoms with Crippen molar-refractivity contribution in [1.29, 1.82) is 5.26 Å². The molecule has 206 valence electrons. The number of aromatic nitrogens is 3. The molecule has 1 fully saturated rings. The number of carbonyl (C=O) groups excluding carboxylic acids is 1. The largest absolute Gasteiger partial charge is 0.497 e. The third-order valence-electron chi connectivity index (χ3n) is 6.55. The minimum Gasteiger partial charge on any atom is -0.497 e. The first-order valence-corrected chi connectivity index (χ1v) is 12.4. The molecule has 2 heterocycles. The Morgan fingerprint density at radius 3 is 2.65 bits per heavy atom. The summed E-state index contributed by atoms with van der Waals surface area (Å²) >= 11 is 0. The number of halogens is 2. The molecule has 1 amide bonds. The number of alkyl halides is 2. The molecule has 5 rings (SSSR count). The number of carbonyl (C=O) groups is 1. The summed E-state index contributed by atoms with van der Waals surface area (Å²) in [5.41, 5.74) is 2.23. The highest BCUT2D eigenvalue weighted by molar-refractivity contribution is 6.02. The zero-order valence-electron chi connectivity index (χ0n) is 22.0. The molecular weight excluding hydrogens is 522 g/mol. The molecular formula is C28H26F2N6O4. The number of nitrogens with zero attached hydrogens (tertiary/aromatic N) is 5. The summed E-state index contributed by atoms with van der Waals surface area (Å²) in [6, 6.07) is 13.1. The molecule has 0 saturated heterocycles. The van der Waals surface area contributed by atoms with E-state index in [0.29, 0.717) is 28.4 Å². The van der Waals surface area contributed by atoms with Crippen LogP contribution in [-0.2, 0) is 18.4 Å². The summed E-state index contributed by atoms with van der Waals surface area (Å²) in [5, 5.41) is 12.2. The van der Waals surface area contributed by atoms with Gasteiger partial charge in [-0.15, -0.1) is 0 Å². The van der Waals surface area contributed by atoms with Gasteiger partial charge in [0.15, 0.2) is 11.6 Å². The van der Waals surface area contributed by atoms with Crippen molar-refractivity contribution in [2.75, 3.05) is 24.4 Å². The van der Waals surface area contributed by atoms with E-state index in [9.17, 15) is 18.8 Å². The lowest BCUT2D eigenvalue weighted by Crippen LogP contribution is -2.33. The van der Waals surface area contributed by atoms with Gasteiger partial charge in [-0.25, -0.2) is 9.97 Å². The SMILES string of the molecule is COc1ccc(CN(C(=O)C2CC2)c2nc(Nc3ccc(C#N)cc3OC(F)F)cc3c2ncn3C)c(OC)c1. The molecule has 0 atom stereocenters. The fourth-order valence-corrected chi connectivity index (χ4v) is 4.35. The number of hydrogen-bond donors (Lipinski definition) is 1. The third-order valence-corrected chi connectivity index (χ3v) is 6.55. The van der Waals surface area contributed by atoms with Crippen molar-refractivity contribution in [3.63, 3.8) is 0 Å². The van der Waals surface area contributed by atoms with Crippen LogP contribution in [0.25, 0.3) is 11.0 Å². The average molecular weight is 549 g/mol. The van der Waals surface area contributed by atoms with Gasteiger partial charge >= 0.3 is 6.61 Å². The molecule has 40 heavy (non-hydrogen) atoms. The number of pyridine rings is 1. The molecule has 1 aliphatic carbocycles. The maximum atomic E-state index is 13.6. The number of benzene rings is 2. The van der Waals surface area contributed by atoms with E-state index in [1.807, 2.05) is 12.1 Å². The van der Waals surface area contributed by atoms with E-state index in [1.165, 1.54) is 18.2 Å². The molecule has 1 aliphatic rings. The van der Waals surface area contributed by atoms with Gasteiger partial charge in [0.2, 0.25) is 5.91 Å². The smallest absolute Gasteiger partial charge is 0.387 e. The number of imidazole rings is 1. The topological polar surface area (TPSA) is 115 Å². The van der Waals surface area contributed by atoms with Gasteiger partial charge in [0, 0.05) is 36.7 Å². The van der Waals surface area contributed by atoms with E-state index >= 15 is 0 Å². The van der Waals surface area contributed by atoms with Crippen molar-refractivity contribution in [3.8, 4) is 23.3 Å². The number of nitriles is 1. The molecule has 0 aliphatic heterocycles. The molecule has 2 aromatic heterocycles. The number of fused-ring (bicyclic) bond motifs is 1. The van der Waals surface area contributed by atoms with Gasteiger partial charge in [0.1, 0.15) is 22.8 Å². The summed E-state index contributed by atoms with van der Waals surface area (Å²) in [4.78, 5) is 24.5. The number of anilines is 3. The zero-order chi connectivity index (χ0) is 28.4. The van der Waals surface area contributed by atoms with Crippen molar-refractivity contribution in [1.82, 2.24) is 14.5 Å². The number of amides is 1. The van der Waals surface area contributed by atoms with E-state index in [4.69, 9.17) is 14.5 Å². The van der Waals surface area contributed by atoms with Crippen LogP contribution in [0.3, 0.4) is 0 Å². The number of hydrogen-bond acceptors (Lipinski definition) is 8. The van der Waals surface area contributed by atoms with Crippen LogP contribution in [0.5, 0.6) is 17.2 Å². The summed E-state index contributed by atoms with van der Waals surface area (Å²) in [6.07, 6.45) is 3.16. The zero-order valence-corrected chi connectivity index (χ0v) is 22.0. The van der Waals surface area contributed by atoms with Gasteiger partial charge in [-0.3, -0.25) is 9.69 Å². The second-order valence-electron chi connectivity index (χ2n) is 9.26. The molecule has 0 bridgehead atoms. The van der Waals surface area contributed by atoms with Crippen molar-refractivity contribution >= 4 is 34.3 Å². The first kappa shape index (κ1) is 26.7. The number of methoxy groups -OCH3 is 2. The lowest BCUT2D eigenvalue weighted by molar-refractivity contribution is -0.119. The lowest BCUT2D eigenvalue weighted by Gasteiger charge is -2.24. The van der Waals surface area contributed by atoms with E-state index in [0.717, 1.165) is 18.4 Å². The predicted octanol–water partition coefficient (Wildman–Crippen LogP) is 5.15. The predicted molar refractivity (Wildman–Crippen MR) is 143 cm³/mol. The highest BCUT2D eigenvalue weighted by Crippen LogP contribution is 2.38. The second-order valence-corrected chi connectivity index (χ2v) is 9.26. The Hall–Kier alpha value is -4.92. The quantitative estimate of drug-likeness (QED) is 0.290. The van der Waals surface area contributed by atoms with E-state index in [-0.39, 0.29) is 41.2 Å². The molecule has 0 spiro atoms. The number of rotatable bonds is 10. The van der Waals surface area contributed by atoms with Crippen molar-refractivity contribution in [2.24, 2.45) is 13.0 Å². The minimum atomic E-state index is -3.09. The first-order chi connectivity index (χ1) is 19.3.